The highest BCUT2D eigenvalue weighted by molar-refractivity contribution is 7.80. The molecule has 31 heavy (non-hydrogen) atoms. The molecule has 0 radical (unpaired) electrons. The van der Waals surface area contributed by atoms with Gasteiger partial charge in [-0.1, -0.05) is 97.8 Å². The van der Waals surface area contributed by atoms with Gasteiger partial charge in [-0.05, 0) is 40.0 Å². The largest absolute Gasteiger partial charge is 0.328 e. The number of unbranched alkanes of at least 4 members (excludes halogenated alkanes) is 11. The summed E-state index contributed by atoms with van der Waals surface area (Å²) in [7, 11) is 0. The Balaban J connectivity index is 0. The molecule has 0 rings (SSSR count). The van der Waals surface area contributed by atoms with E-state index >= 15 is 0 Å². The van der Waals surface area contributed by atoms with Gasteiger partial charge in [0.1, 0.15) is 0 Å². The Morgan fingerprint density at radius 2 is 0.935 bits per heavy atom. The Hall–Kier alpha value is 0.230. The molecule has 0 heterocycles. The Bertz CT molecular complexity index is 309. The number of hydrogen-bond donors (Lipinski definition) is 1. The molecule has 0 fully saturated rings. The maximum Gasteiger partial charge on any atom is 0.282 e. The van der Waals surface area contributed by atoms with Crippen molar-refractivity contribution in [1.82, 2.24) is 0 Å². The van der Waals surface area contributed by atoms with E-state index in [1.54, 1.807) is 0 Å². The third kappa shape index (κ3) is 23.2. The summed E-state index contributed by atoms with van der Waals surface area (Å²) in [6.07, 6.45) is 20.8. The van der Waals surface area contributed by atoms with Gasteiger partial charge in [-0.3, -0.25) is 0 Å². The van der Waals surface area contributed by atoms with Crippen LogP contribution >= 0.6 is 12.6 Å². The predicted octanol–water partition coefficient (Wildman–Crippen LogP) is 9.34. The molecule has 0 bridgehead atoms. The zero-order valence-electron chi connectivity index (χ0n) is 22.2. The third-order valence-electron chi connectivity index (χ3n) is 5.54. The standard InChI is InChI=1S/C19H40O3.C8H18S/c1-5-9-10-11-12-13-14-15-16-17-18-19(20-6-2,21-7-3)22-8-4;1-3-5-6-7-8(9)4-2/h5-18H2,1-4H3;8-9H,3-7H2,1-2H3. The number of hydrogen-bond acceptors (Lipinski definition) is 4. The van der Waals surface area contributed by atoms with Crippen LogP contribution < -0.4 is 0 Å². The number of thiol groups is 1. The summed E-state index contributed by atoms with van der Waals surface area (Å²) < 4.78 is 17.2. The first-order valence-electron chi connectivity index (χ1n) is 13.6. The molecule has 190 valence electrons. The Labute approximate surface area is 202 Å². The molecule has 0 aromatic heterocycles. The fourth-order valence-electron chi connectivity index (χ4n) is 3.66. The maximum absolute atomic E-state index is 5.75. The highest BCUT2D eigenvalue weighted by Gasteiger charge is 2.31. The lowest BCUT2D eigenvalue weighted by molar-refractivity contribution is -0.380. The smallest absolute Gasteiger partial charge is 0.282 e. The fraction of sp³-hybridized carbons (Fsp3) is 1.00. The lowest BCUT2D eigenvalue weighted by Crippen LogP contribution is -2.39. The van der Waals surface area contributed by atoms with E-state index in [-0.39, 0.29) is 0 Å². The minimum Gasteiger partial charge on any atom is -0.328 e. The molecule has 0 saturated carbocycles. The summed E-state index contributed by atoms with van der Waals surface area (Å²) in [4.78, 5) is 0. The van der Waals surface area contributed by atoms with Gasteiger partial charge in [0.05, 0.1) is 0 Å². The first kappa shape index (κ1) is 33.4. The van der Waals surface area contributed by atoms with Crippen molar-refractivity contribution in [3.8, 4) is 0 Å². The van der Waals surface area contributed by atoms with E-state index in [0.29, 0.717) is 25.1 Å². The highest BCUT2D eigenvalue weighted by atomic mass is 32.1. The molecular weight excluding hydrogens is 404 g/mol. The van der Waals surface area contributed by atoms with E-state index < -0.39 is 5.97 Å². The SMILES string of the molecule is CCCCCC(S)CC.CCCCCCCCCCCCC(OCC)(OCC)OCC. The molecule has 0 aromatic carbocycles. The van der Waals surface area contributed by atoms with Crippen LogP contribution in [0.5, 0.6) is 0 Å². The second kappa shape index (κ2) is 26.5. The van der Waals surface area contributed by atoms with Gasteiger partial charge in [0.25, 0.3) is 5.97 Å². The molecule has 0 N–H and O–H groups in total. The normalized spacial score (nSPS) is 12.5. The molecular formula is C27H58O3S. The minimum absolute atomic E-state index is 0.623. The van der Waals surface area contributed by atoms with E-state index in [9.17, 15) is 0 Å². The molecule has 0 aliphatic heterocycles. The van der Waals surface area contributed by atoms with Crippen LogP contribution in [0.15, 0.2) is 0 Å². The van der Waals surface area contributed by atoms with E-state index in [1.807, 2.05) is 20.8 Å². The Morgan fingerprint density at radius 3 is 1.32 bits per heavy atom. The molecule has 0 saturated heterocycles. The van der Waals surface area contributed by atoms with Crippen LogP contribution in [0.25, 0.3) is 0 Å². The van der Waals surface area contributed by atoms with Crippen molar-refractivity contribution in [2.75, 3.05) is 19.8 Å². The molecule has 0 spiro atoms. The van der Waals surface area contributed by atoms with Crippen LogP contribution in [0.3, 0.4) is 0 Å². The average molecular weight is 463 g/mol. The highest BCUT2D eigenvalue weighted by Crippen LogP contribution is 2.24. The Kier molecular flexibility index (Phi) is 28.5. The average Bonchev–Trinajstić information content (AvgIpc) is 2.76. The number of ether oxygens (including phenoxy) is 3. The van der Waals surface area contributed by atoms with Crippen LogP contribution in [0.2, 0.25) is 0 Å². The zero-order valence-corrected chi connectivity index (χ0v) is 23.1. The van der Waals surface area contributed by atoms with Gasteiger partial charge < -0.3 is 14.2 Å². The van der Waals surface area contributed by atoms with Crippen molar-refractivity contribution >= 4 is 12.6 Å². The molecule has 1 unspecified atom stereocenters. The van der Waals surface area contributed by atoms with E-state index in [2.05, 4.69) is 33.4 Å². The topological polar surface area (TPSA) is 27.7 Å². The van der Waals surface area contributed by atoms with Gasteiger partial charge in [-0.25, -0.2) is 0 Å². The monoisotopic (exact) mass is 462 g/mol. The summed E-state index contributed by atoms with van der Waals surface area (Å²) >= 11 is 4.40. The summed E-state index contributed by atoms with van der Waals surface area (Å²) in [5, 5.41) is 0.650. The first-order chi connectivity index (χ1) is 15.1. The molecule has 1 atom stereocenters. The fourth-order valence-corrected chi connectivity index (χ4v) is 3.85. The lowest BCUT2D eigenvalue weighted by atomic mass is 10.1. The summed E-state index contributed by atoms with van der Waals surface area (Å²) in [6, 6.07) is 0. The maximum atomic E-state index is 5.75. The van der Waals surface area contributed by atoms with E-state index in [4.69, 9.17) is 14.2 Å². The first-order valence-corrected chi connectivity index (χ1v) is 14.2. The van der Waals surface area contributed by atoms with Gasteiger partial charge in [-0.2, -0.15) is 12.6 Å². The molecule has 0 amide bonds. The molecule has 4 heteroatoms. The van der Waals surface area contributed by atoms with Crippen molar-refractivity contribution in [3.05, 3.63) is 0 Å². The van der Waals surface area contributed by atoms with Crippen LogP contribution in [0.4, 0.5) is 0 Å². The van der Waals surface area contributed by atoms with Gasteiger partial charge >= 0.3 is 0 Å². The third-order valence-corrected chi connectivity index (χ3v) is 6.16. The second-order valence-electron chi connectivity index (χ2n) is 8.47. The second-order valence-corrected chi connectivity index (χ2v) is 9.20. The van der Waals surface area contributed by atoms with Crippen LogP contribution in [-0.2, 0) is 14.2 Å². The quantitative estimate of drug-likeness (QED) is 0.0986. The zero-order chi connectivity index (χ0) is 23.6. The van der Waals surface area contributed by atoms with Crippen molar-refractivity contribution < 1.29 is 14.2 Å². The molecule has 3 nitrogen and oxygen atoms in total. The minimum atomic E-state index is -0.807. The van der Waals surface area contributed by atoms with Crippen molar-refractivity contribution in [3.63, 3.8) is 0 Å². The van der Waals surface area contributed by atoms with Crippen LogP contribution in [0.1, 0.15) is 144 Å². The summed E-state index contributed by atoms with van der Waals surface area (Å²) in [6.45, 7) is 14.5. The predicted molar refractivity (Wildman–Crippen MR) is 141 cm³/mol. The summed E-state index contributed by atoms with van der Waals surface area (Å²) in [5.74, 6) is -0.807. The van der Waals surface area contributed by atoms with Gasteiger partial charge in [0, 0.05) is 31.5 Å². The van der Waals surface area contributed by atoms with Gasteiger partial charge in [-0.15, -0.1) is 0 Å². The van der Waals surface area contributed by atoms with Crippen molar-refractivity contribution in [2.45, 2.75) is 155 Å². The summed E-state index contributed by atoms with van der Waals surface area (Å²) in [5.41, 5.74) is 0. The molecule has 0 aromatic rings. The van der Waals surface area contributed by atoms with Crippen LogP contribution in [-0.4, -0.2) is 31.0 Å². The molecule has 0 aliphatic rings. The van der Waals surface area contributed by atoms with Crippen molar-refractivity contribution in [1.29, 1.82) is 0 Å². The molecule has 0 aliphatic carbocycles. The van der Waals surface area contributed by atoms with Gasteiger partial charge in [0.15, 0.2) is 0 Å². The Morgan fingerprint density at radius 1 is 0.548 bits per heavy atom. The van der Waals surface area contributed by atoms with Crippen molar-refractivity contribution in [2.24, 2.45) is 0 Å². The number of rotatable bonds is 22. The lowest BCUT2D eigenvalue weighted by Gasteiger charge is -2.32. The van der Waals surface area contributed by atoms with E-state index in [1.165, 1.54) is 89.9 Å². The van der Waals surface area contributed by atoms with Crippen LogP contribution in [0, 0.1) is 0 Å². The van der Waals surface area contributed by atoms with Gasteiger partial charge in [0.2, 0.25) is 0 Å². The van der Waals surface area contributed by atoms with E-state index in [0.717, 1.165) is 12.8 Å².